The van der Waals surface area contributed by atoms with Gasteiger partial charge in [0.15, 0.2) is 5.78 Å². The third kappa shape index (κ3) is 2.61. The minimum Gasteiger partial charge on any atom is -0.298 e. The lowest BCUT2D eigenvalue weighted by atomic mass is 9.62. The zero-order valence-corrected chi connectivity index (χ0v) is 20.3. The number of carbonyl (C=O) groups is 3. The van der Waals surface area contributed by atoms with Crippen LogP contribution in [0.1, 0.15) is 31.4 Å². The molecule has 3 aromatic carbocycles. The average molecular weight is 482 g/mol. The first-order valence-electron chi connectivity index (χ1n) is 11.9. The number of ketones is 1. The summed E-state index contributed by atoms with van der Waals surface area (Å²) in [5.74, 6) is -2.12. The second-order valence-electron chi connectivity index (χ2n) is 9.78. The Morgan fingerprint density at radius 2 is 1.26 bits per heavy atom. The molecule has 0 unspecified atom stereocenters. The highest BCUT2D eigenvalue weighted by atomic mass is 35.5. The Labute approximate surface area is 209 Å². The highest BCUT2D eigenvalue weighted by Crippen LogP contribution is 2.74. The summed E-state index contributed by atoms with van der Waals surface area (Å²) in [4.78, 5) is 43.7. The van der Waals surface area contributed by atoms with Crippen LogP contribution < -0.4 is 4.90 Å². The molecule has 35 heavy (non-hydrogen) atoms. The Morgan fingerprint density at radius 3 is 1.80 bits per heavy atom. The predicted octanol–water partition coefficient (Wildman–Crippen LogP) is 6.06. The monoisotopic (exact) mass is 481 g/mol. The van der Waals surface area contributed by atoms with E-state index in [1.807, 2.05) is 74.5 Å². The third-order valence-corrected chi connectivity index (χ3v) is 8.57. The first-order chi connectivity index (χ1) is 16.9. The van der Waals surface area contributed by atoms with Gasteiger partial charge in [0.2, 0.25) is 11.8 Å². The van der Waals surface area contributed by atoms with Gasteiger partial charge in [0.05, 0.1) is 28.4 Å². The molecule has 0 aromatic heterocycles. The molecule has 3 aliphatic rings. The van der Waals surface area contributed by atoms with Crippen molar-refractivity contribution in [1.82, 2.24) is 0 Å². The molecule has 4 atom stereocenters. The molecule has 2 amide bonds. The number of amides is 2. The lowest BCUT2D eigenvalue weighted by Crippen LogP contribution is -2.41. The minimum atomic E-state index is -1.11. The van der Waals surface area contributed by atoms with E-state index in [1.54, 1.807) is 24.3 Å². The number of benzene rings is 3. The molecular weight excluding hydrogens is 458 g/mol. The van der Waals surface area contributed by atoms with Gasteiger partial charge >= 0.3 is 0 Å². The third-order valence-electron chi connectivity index (χ3n) is 8.32. The minimum absolute atomic E-state index is 0.0161. The maximum absolute atomic E-state index is 14.4. The van der Waals surface area contributed by atoms with Gasteiger partial charge in [0.25, 0.3) is 0 Å². The number of allylic oxidation sites excluding steroid dienone is 2. The van der Waals surface area contributed by atoms with Gasteiger partial charge in [-0.15, -0.1) is 0 Å². The van der Waals surface area contributed by atoms with Crippen LogP contribution in [-0.4, -0.2) is 17.6 Å². The van der Waals surface area contributed by atoms with Gasteiger partial charge in [-0.3, -0.25) is 14.4 Å². The standard InChI is InChI=1S/C30H24ClNO3/c1-3-30-23(19-12-8-5-9-13-19)22(18-10-6-4-7-11-18)29(2,28(30)35)24-25(30)27(34)32(26(24)33)21-16-14-20(31)15-17-21/h4-17,24-25H,3H2,1-2H3/t24-,25+,29-,30-/m0/s1. The highest BCUT2D eigenvalue weighted by molar-refractivity contribution is 6.35. The fourth-order valence-electron chi connectivity index (χ4n) is 6.97. The number of nitrogens with zero attached hydrogens (tertiary/aromatic N) is 1. The summed E-state index contributed by atoms with van der Waals surface area (Å²) in [6.45, 7) is 3.83. The molecule has 4 nitrogen and oxygen atoms in total. The number of fused-ring (bicyclic) bond motifs is 5. The molecule has 174 valence electrons. The quantitative estimate of drug-likeness (QED) is 0.426. The summed E-state index contributed by atoms with van der Waals surface area (Å²) in [7, 11) is 0. The van der Waals surface area contributed by atoms with Crippen molar-refractivity contribution in [2.24, 2.45) is 22.7 Å². The van der Waals surface area contributed by atoms with Crippen molar-refractivity contribution in [3.63, 3.8) is 0 Å². The molecule has 3 aromatic rings. The predicted molar refractivity (Wildman–Crippen MR) is 136 cm³/mol. The van der Waals surface area contributed by atoms with Crippen molar-refractivity contribution in [3.8, 4) is 0 Å². The van der Waals surface area contributed by atoms with Gasteiger partial charge in [0.1, 0.15) is 0 Å². The average Bonchev–Trinajstić information content (AvgIpc) is 3.35. The van der Waals surface area contributed by atoms with Gasteiger partial charge in [-0.05, 0) is 59.9 Å². The van der Waals surface area contributed by atoms with Crippen molar-refractivity contribution in [2.45, 2.75) is 20.3 Å². The summed E-state index contributed by atoms with van der Waals surface area (Å²) in [6, 6.07) is 26.4. The molecule has 5 heteroatoms. The molecule has 0 radical (unpaired) electrons. The van der Waals surface area contributed by atoms with E-state index in [1.165, 1.54) is 4.90 Å². The van der Waals surface area contributed by atoms with E-state index >= 15 is 0 Å². The largest absolute Gasteiger partial charge is 0.298 e. The molecule has 2 fully saturated rings. The van der Waals surface area contributed by atoms with Crippen LogP contribution in [0.4, 0.5) is 5.69 Å². The lowest BCUT2D eigenvalue weighted by Gasteiger charge is -2.37. The summed E-state index contributed by atoms with van der Waals surface area (Å²) in [6.07, 6.45) is 0.441. The van der Waals surface area contributed by atoms with E-state index < -0.39 is 22.7 Å². The number of imide groups is 1. The van der Waals surface area contributed by atoms with Gasteiger partial charge in [0, 0.05) is 5.02 Å². The molecule has 1 heterocycles. The number of carbonyl (C=O) groups excluding carboxylic acids is 3. The Morgan fingerprint density at radius 1 is 0.743 bits per heavy atom. The summed E-state index contributed by atoms with van der Waals surface area (Å²) in [5, 5.41) is 0.527. The molecule has 1 saturated carbocycles. The number of halogens is 1. The fraction of sp³-hybridized carbons (Fsp3) is 0.233. The Balaban J connectivity index is 1.64. The normalized spacial score (nSPS) is 29.3. The van der Waals surface area contributed by atoms with Crippen LogP contribution in [0.2, 0.25) is 5.02 Å². The Kier molecular flexibility index (Phi) is 4.71. The second kappa shape index (κ2) is 7.50. The molecule has 1 saturated heterocycles. The molecule has 0 spiro atoms. The molecule has 2 aliphatic carbocycles. The van der Waals surface area contributed by atoms with Gasteiger partial charge in [-0.25, -0.2) is 4.90 Å². The van der Waals surface area contributed by atoms with Crippen LogP contribution in [0.25, 0.3) is 11.1 Å². The topological polar surface area (TPSA) is 54.5 Å². The zero-order chi connectivity index (χ0) is 24.5. The first-order valence-corrected chi connectivity index (χ1v) is 12.3. The van der Waals surface area contributed by atoms with Crippen LogP contribution >= 0.6 is 11.6 Å². The number of hydrogen-bond acceptors (Lipinski definition) is 3. The van der Waals surface area contributed by atoms with E-state index in [4.69, 9.17) is 11.6 Å². The number of Topliss-reactive ketones (excluding diaryl/α,β-unsaturated/α-hetero) is 1. The van der Waals surface area contributed by atoms with Crippen LogP contribution in [0.15, 0.2) is 84.9 Å². The SMILES string of the molecule is CC[C@]12C(=O)[C@@](C)(C(c3ccccc3)=C1c1ccccc1)[C@@H]1C(=O)N(c3ccc(Cl)cc3)C(=O)[C@@H]12. The lowest BCUT2D eigenvalue weighted by molar-refractivity contribution is -0.134. The zero-order valence-electron chi connectivity index (χ0n) is 19.5. The Bertz CT molecular complexity index is 1410. The molecule has 2 bridgehead atoms. The van der Waals surface area contributed by atoms with Gasteiger partial charge in [-0.2, -0.15) is 0 Å². The van der Waals surface area contributed by atoms with Crippen molar-refractivity contribution < 1.29 is 14.4 Å². The molecule has 0 N–H and O–H groups in total. The van der Waals surface area contributed by atoms with Crippen LogP contribution in [0, 0.1) is 22.7 Å². The molecule has 6 rings (SSSR count). The van der Waals surface area contributed by atoms with Crippen molar-refractivity contribution in [2.75, 3.05) is 4.90 Å². The Hall–Kier alpha value is -3.50. The van der Waals surface area contributed by atoms with Crippen molar-refractivity contribution >= 4 is 46.0 Å². The van der Waals surface area contributed by atoms with Crippen LogP contribution in [-0.2, 0) is 14.4 Å². The maximum Gasteiger partial charge on any atom is 0.239 e. The van der Waals surface area contributed by atoms with Crippen molar-refractivity contribution in [3.05, 3.63) is 101 Å². The van der Waals surface area contributed by atoms with Crippen molar-refractivity contribution in [1.29, 1.82) is 0 Å². The summed E-state index contributed by atoms with van der Waals surface area (Å²) in [5.41, 5.74) is 1.91. The number of rotatable bonds is 4. The second-order valence-corrected chi connectivity index (χ2v) is 10.2. The van der Waals surface area contributed by atoms with E-state index in [-0.39, 0.29) is 17.6 Å². The van der Waals surface area contributed by atoms with E-state index in [0.29, 0.717) is 17.1 Å². The van der Waals surface area contributed by atoms with Crippen LogP contribution in [0.3, 0.4) is 0 Å². The molecular formula is C30H24ClNO3. The summed E-state index contributed by atoms with van der Waals surface area (Å²) >= 11 is 6.06. The van der Waals surface area contributed by atoms with E-state index in [9.17, 15) is 14.4 Å². The smallest absolute Gasteiger partial charge is 0.239 e. The number of hydrogen-bond donors (Lipinski definition) is 0. The van der Waals surface area contributed by atoms with Crippen LogP contribution in [0.5, 0.6) is 0 Å². The fourth-order valence-corrected chi connectivity index (χ4v) is 7.10. The number of anilines is 1. The van der Waals surface area contributed by atoms with E-state index in [0.717, 1.165) is 22.3 Å². The van der Waals surface area contributed by atoms with Gasteiger partial charge in [-0.1, -0.05) is 79.2 Å². The molecule has 1 aliphatic heterocycles. The maximum atomic E-state index is 14.4. The van der Waals surface area contributed by atoms with E-state index in [2.05, 4.69) is 0 Å². The summed E-state index contributed by atoms with van der Waals surface area (Å²) < 4.78 is 0. The highest BCUT2D eigenvalue weighted by Gasteiger charge is 2.79. The van der Waals surface area contributed by atoms with Gasteiger partial charge < -0.3 is 0 Å². The first kappa shape index (κ1) is 22.0.